The number of rotatable bonds is 2. The van der Waals surface area contributed by atoms with Gasteiger partial charge in [-0.2, -0.15) is 0 Å². The van der Waals surface area contributed by atoms with Crippen molar-refractivity contribution >= 4 is 0 Å². The van der Waals surface area contributed by atoms with E-state index >= 15 is 0 Å². The molecule has 1 aliphatic carbocycles. The van der Waals surface area contributed by atoms with Gasteiger partial charge in [-0.1, -0.05) is 6.92 Å². The van der Waals surface area contributed by atoms with E-state index in [1.165, 1.54) is 12.8 Å². The lowest BCUT2D eigenvalue weighted by atomic mass is 10.1. The highest BCUT2D eigenvalue weighted by atomic mass is 15.0. The Morgan fingerprint density at radius 2 is 2.45 bits per heavy atom. The Labute approximate surface area is 66.0 Å². The van der Waals surface area contributed by atoms with Gasteiger partial charge < -0.3 is 10.7 Å². The van der Waals surface area contributed by atoms with Crippen LogP contribution >= 0.6 is 0 Å². The molecule has 0 unspecified atom stereocenters. The zero-order valence-electron chi connectivity index (χ0n) is 6.72. The van der Waals surface area contributed by atoms with Gasteiger partial charge in [0.1, 0.15) is 5.82 Å². The molecule has 0 aromatic carbocycles. The third-order valence-corrected chi connectivity index (χ3v) is 2.42. The average Bonchev–Trinajstić information content (AvgIpc) is 2.61. The molecule has 1 saturated carbocycles. The summed E-state index contributed by atoms with van der Waals surface area (Å²) in [7, 11) is 0. The van der Waals surface area contributed by atoms with Crippen molar-refractivity contribution in [3.63, 3.8) is 0 Å². The summed E-state index contributed by atoms with van der Waals surface area (Å²) in [6.45, 7) is 2.79. The SMILES string of the molecule is CC1(c2ncc(CN)[nH]2)CC1. The maximum atomic E-state index is 5.46. The highest BCUT2D eigenvalue weighted by molar-refractivity contribution is 5.17. The number of imidazole rings is 1. The third kappa shape index (κ3) is 1.05. The van der Waals surface area contributed by atoms with Gasteiger partial charge in [0.25, 0.3) is 0 Å². The Balaban J connectivity index is 2.25. The van der Waals surface area contributed by atoms with E-state index in [0.29, 0.717) is 12.0 Å². The van der Waals surface area contributed by atoms with E-state index in [-0.39, 0.29) is 0 Å². The number of aromatic nitrogens is 2. The minimum atomic E-state index is 0.341. The van der Waals surface area contributed by atoms with Crippen LogP contribution in [-0.4, -0.2) is 9.97 Å². The summed E-state index contributed by atoms with van der Waals surface area (Å²) in [5.74, 6) is 1.11. The van der Waals surface area contributed by atoms with Crippen molar-refractivity contribution in [2.24, 2.45) is 5.73 Å². The van der Waals surface area contributed by atoms with E-state index in [2.05, 4.69) is 16.9 Å². The predicted molar refractivity (Wildman–Crippen MR) is 43.1 cm³/mol. The van der Waals surface area contributed by atoms with Crippen LogP contribution in [0.5, 0.6) is 0 Å². The van der Waals surface area contributed by atoms with Crippen molar-refractivity contribution in [3.8, 4) is 0 Å². The normalized spacial score (nSPS) is 20.2. The second-order valence-electron chi connectivity index (χ2n) is 3.52. The van der Waals surface area contributed by atoms with Gasteiger partial charge >= 0.3 is 0 Å². The van der Waals surface area contributed by atoms with Gasteiger partial charge in [0.15, 0.2) is 0 Å². The van der Waals surface area contributed by atoms with Gasteiger partial charge in [-0.15, -0.1) is 0 Å². The first-order valence-electron chi connectivity index (χ1n) is 3.99. The molecule has 1 aliphatic rings. The Kier molecular flexibility index (Phi) is 1.29. The molecule has 60 valence electrons. The fourth-order valence-corrected chi connectivity index (χ4v) is 1.19. The second kappa shape index (κ2) is 2.08. The topological polar surface area (TPSA) is 54.7 Å². The van der Waals surface area contributed by atoms with Gasteiger partial charge in [0.05, 0.1) is 0 Å². The number of hydrogen-bond donors (Lipinski definition) is 2. The van der Waals surface area contributed by atoms with E-state index < -0.39 is 0 Å². The van der Waals surface area contributed by atoms with E-state index in [1.807, 2.05) is 6.20 Å². The van der Waals surface area contributed by atoms with Crippen LogP contribution in [0.3, 0.4) is 0 Å². The van der Waals surface area contributed by atoms with Crippen molar-refractivity contribution in [2.75, 3.05) is 0 Å². The molecule has 11 heavy (non-hydrogen) atoms. The molecule has 2 rings (SSSR count). The van der Waals surface area contributed by atoms with Crippen molar-refractivity contribution in [2.45, 2.75) is 31.7 Å². The number of hydrogen-bond acceptors (Lipinski definition) is 2. The maximum Gasteiger partial charge on any atom is 0.112 e. The molecule has 0 aliphatic heterocycles. The Bertz CT molecular complexity index is 260. The zero-order chi connectivity index (χ0) is 7.90. The van der Waals surface area contributed by atoms with Gasteiger partial charge in [-0.05, 0) is 12.8 Å². The summed E-state index contributed by atoms with van der Waals surface area (Å²) in [4.78, 5) is 7.51. The van der Waals surface area contributed by atoms with Gasteiger partial charge in [-0.3, -0.25) is 0 Å². The Morgan fingerprint density at radius 3 is 2.91 bits per heavy atom. The van der Waals surface area contributed by atoms with Crippen LogP contribution < -0.4 is 5.73 Å². The summed E-state index contributed by atoms with van der Waals surface area (Å²) in [5, 5.41) is 0. The van der Waals surface area contributed by atoms with E-state index in [4.69, 9.17) is 5.73 Å². The number of nitrogens with zero attached hydrogens (tertiary/aromatic N) is 1. The minimum Gasteiger partial charge on any atom is -0.344 e. The smallest absolute Gasteiger partial charge is 0.112 e. The molecule has 0 atom stereocenters. The van der Waals surface area contributed by atoms with E-state index in [1.54, 1.807) is 0 Å². The predicted octanol–water partition coefficient (Wildman–Crippen LogP) is 0.920. The molecule has 0 bridgehead atoms. The molecule has 1 fully saturated rings. The first-order valence-corrected chi connectivity index (χ1v) is 3.99. The first-order chi connectivity index (χ1) is 5.24. The summed E-state index contributed by atoms with van der Waals surface area (Å²) in [5.41, 5.74) is 6.83. The number of H-pyrrole nitrogens is 1. The zero-order valence-corrected chi connectivity index (χ0v) is 6.72. The number of aromatic amines is 1. The van der Waals surface area contributed by atoms with Crippen LogP contribution in [0.4, 0.5) is 0 Å². The average molecular weight is 151 g/mol. The highest BCUT2D eigenvalue weighted by Gasteiger charge is 2.41. The second-order valence-corrected chi connectivity index (χ2v) is 3.52. The molecular weight excluding hydrogens is 138 g/mol. The minimum absolute atomic E-state index is 0.341. The lowest BCUT2D eigenvalue weighted by molar-refractivity contribution is 0.720. The molecular formula is C8H13N3. The fourth-order valence-electron chi connectivity index (χ4n) is 1.19. The van der Waals surface area contributed by atoms with Crippen LogP contribution in [0.25, 0.3) is 0 Å². The molecule has 0 spiro atoms. The fraction of sp³-hybridized carbons (Fsp3) is 0.625. The molecule has 1 heterocycles. The van der Waals surface area contributed by atoms with Crippen LogP contribution in [0.1, 0.15) is 31.3 Å². The van der Waals surface area contributed by atoms with Crippen LogP contribution in [0, 0.1) is 0 Å². The van der Waals surface area contributed by atoms with Crippen LogP contribution in [-0.2, 0) is 12.0 Å². The lowest BCUT2D eigenvalue weighted by Crippen LogP contribution is -2.03. The molecule has 0 amide bonds. The lowest BCUT2D eigenvalue weighted by Gasteiger charge is -2.01. The van der Waals surface area contributed by atoms with Crippen molar-refractivity contribution in [1.29, 1.82) is 0 Å². The van der Waals surface area contributed by atoms with Gasteiger partial charge in [0, 0.05) is 23.9 Å². The van der Waals surface area contributed by atoms with E-state index in [0.717, 1.165) is 11.5 Å². The molecule has 0 radical (unpaired) electrons. The number of nitrogens with one attached hydrogen (secondary N) is 1. The molecule has 1 aromatic heterocycles. The van der Waals surface area contributed by atoms with Crippen LogP contribution in [0.15, 0.2) is 6.20 Å². The molecule has 3 N–H and O–H groups in total. The van der Waals surface area contributed by atoms with Crippen molar-refractivity contribution in [3.05, 3.63) is 17.7 Å². The van der Waals surface area contributed by atoms with E-state index in [9.17, 15) is 0 Å². The first kappa shape index (κ1) is 6.85. The summed E-state index contributed by atoms with van der Waals surface area (Å²) in [6, 6.07) is 0. The Hall–Kier alpha value is -0.830. The summed E-state index contributed by atoms with van der Waals surface area (Å²) in [6.07, 6.45) is 4.34. The van der Waals surface area contributed by atoms with Crippen molar-refractivity contribution < 1.29 is 0 Å². The maximum absolute atomic E-state index is 5.46. The largest absolute Gasteiger partial charge is 0.344 e. The number of nitrogens with two attached hydrogens (primary N) is 1. The standard InChI is InChI=1S/C8H13N3/c1-8(2-3-8)7-10-5-6(4-9)11-7/h5H,2-4,9H2,1H3,(H,10,11). The molecule has 3 nitrogen and oxygen atoms in total. The third-order valence-electron chi connectivity index (χ3n) is 2.42. The van der Waals surface area contributed by atoms with Crippen molar-refractivity contribution in [1.82, 2.24) is 9.97 Å². The molecule has 0 saturated heterocycles. The molecule has 3 heteroatoms. The van der Waals surface area contributed by atoms with Crippen LogP contribution in [0.2, 0.25) is 0 Å². The van der Waals surface area contributed by atoms with Gasteiger partial charge in [-0.25, -0.2) is 4.98 Å². The monoisotopic (exact) mass is 151 g/mol. The molecule has 1 aromatic rings. The Morgan fingerprint density at radius 1 is 1.73 bits per heavy atom. The summed E-state index contributed by atoms with van der Waals surface area (Å²) >= 11 is 0. The van der Waals surface area contributed by atoms with Gasteiger partial charge in [0.2, 0.25) is 0 Å². The highest BCUT2D eigenvalue weighted by Crippen LogP contribution is 2.45. The summed E-state index contributed by atoms with van der Waals surface area (Å²) < 4.78 is 0. The quantitative estimate of drug-likeness (QED) is 0.660.